The number of rotatable bonds is 3. The lowest BCUT2D eigenvalue weighted by molar-refractivity contribution is -0.112. The number of hydrogen-bond acceptors (Lipinski definition) is 2. The second kappa shape index (κ2) is 3.39. The van der Waals surface area contributed by atoms with Crippen LogP contribution in [0.1, 0.15) is 0 Å². The van der Waals surface area contributed by atoms with E-state index in [1.165, 1.54) is 0 Å². The lowest BCUT2D eigenvalue weighted by Crippen LogP contribution is -2.27. The molecule has 0 saturated heterocycles. The molecule has 9 heavy (non-hydrogen) atoms. The average molecular weight is 164 g/mol. The van der Waals surface area contributed by atoms with Gasteiger partial charge in [0.25, 0.3) is 0 Å². The first-order valence-electron chi connectivity index (χ1n) is 2.77. The summed E-state index contributed by atoms with van der Waals surface area (Å²) in [7, 11) is -1.49. The molecule has 0 aromatic heterocycles. The largest absolute Gasteiger partial charge is 0.409 e. The highest BCUT2D eigenvalue weighted by Gasteiger charge is 2.14. The van der Waals surface area contributed by atoms with E-state index in [0.717, 1.165) is 0 Å². The van der Waals surface area contributed by atoms with E-state index in [1.807, 2.05) is 19.6 Å². The van der Waals surface area contributed by atoms with Crippen LogP contribution in [0.15, 0.2) is 0 Å². The fraction of sp³-hybridized carbons (Fsp3) is 0.800. The summed E-state index contributed by atoms with van der Waals surface area (Å²) in [6, 6.07) is 0. The van der Waals surface area contributed by atoms with Gasteiger partial charge in [-0.05, 0) is 19.6 Å². The molecule has 0 radical (unpaired) electrons. The lowest BCUT2D eigenvalue weighted by Gasteiger charge is -2.14. The Hall–Kier alpha value is 0.197. The highest BCUT2D eigenvalue weighted by molar-refractivity contribution is 7.96. The van der Waals surface area contributed by atoms with E-state index in [4.69, 9.17) is 4.43 Å². The number of hydrogen-bond donors (Lipinski definition) is 1. The minimum atomic E-state index is -1.49. The van der Waals surface area contributed by atoms with Gasteiger partial charge in [0.2, 0.25) is 5.12 Å². The summed E-state index contributed by atoms with van der Waals surface area (Å²) in [6.45, 7) is 6.25. The molecule has 0 aliphatic carbocycles. The van der Waals surface area contributed by atoms with Gasteiger partial charge in [0, 0.05) is 0 Å². The van der Waals surface area contributed by atoms with Crippen molar-refractivity contribution in [2.45, 2.75) is 19.6 Å². The van der Waals surface area contributed by atoms with Crippen molar-refractivity contribution >= 4 is 26.1 Å². The van der Waals surface area contributed by atoms with Crippen molar-refractivity contribution in [3.63, 3.8) is 0 Å². The summed E-state index contributed by atoms with van der Waals surface area (Å²) in [6.07, 6.45) is 0. The zero-order valence-electron chi connectivity index (χ0n) is 5.97. The third-order valence-electron chi connectivity index (χ3n) is 0.629. The van der Waals surface area contributed by atoms with Crippen LogP contribution in [-0.4, -0.2) is 20.0 Å². The Morgan fingerprint density at radius 1 is 1.56 bits per heavy atom. The Bertz CT molecular complexity index is 108. The summed E-state index contributed by atoms with van der Waals surface area (Å²) in [5, 5.41) is -0.197. The van der Waals surface area contributed by atoms with Gasteiger partial charge in [-0.15, -0.1) is 12.6 Å². The van der Waals surface area contributed by atoms with Crippen LogP contribution >= 0.6 is 12.6 Å². The minimum Gasteiger partial charge on any atom is -0.409 e. The Morgan fingerprint density at radius 3 is 2.11 bits per heavy atom. The van der Waals surface area contributed by atoms with E-state index < -0.39 is 8.32 Å². The molecular formula is C5H12O2SSi. The fourth-order valence-corrected chi connectivity index (χ4v) is 1.03. The number of thiol groups is 1. The van der Waals surface area contributed by atoms with Gasteiger partial charge in [0.15, 0.2) is 8.32 Å². The molecule has 0 atom stereocenters. The minimum absolute atomic E-state index is 0.152. The average Bonchev–Trinajstić information content (AvgIpc) is 1.59. The quantitative estimate of drug-likeness (QED) is 0.502. The van der Waals surface area contributed by atoms with Gasteiger partial charge in [-0.1, -0.05) is 0 Å². The van der Waals surface area contributed by atoms with Crippen molar-refractivity contribution in [2.75, 3.05) is 6.61 Å². The third-order valence-corrected chi connectivity index (χ3v) is 1.77. The molecule has 0 saturated carbocycles. The SMILES string of the molecule is C[Si](C)(C)OCC(=O)S. The molecule has 0 unspecified atom stereocenters. The summed E-state index contributed by atoms with van der Waals surface area (Å²) in [5.74, 6) is 0. The van der Waals surface area contributed by atoms with Crippen LogP contribution in [0, 0.1) is 0 Å². The van der Waals surface area contributed by atoms with Gasteiger partial charge < -0.3 is 4.43 Å². The summed E-state index contributed by atoms with van der Waals surface area (Å²) in [5.41, 5.74) is 0. The van der Waals surface area contributed by atoms with Crippen molar-refractivity contribution in [1.82, 2.24) is 0 Å². The molecule has 0 fully saturated rings. The molecule has 0 spiro atoms. The second-order valence-electron chi connectivity index (χ2n) is 2.79. The molecular weight excluding hydrogens is 152 g/mol. The molecule has 54 valence electrons. The van der Waals surface area contributed by atoms with Gasteiger partial charge in [-0.2, -0.15) is 0 Å². The van der Waals surface area contributed by atoms with E-state index in [0.29, 0.717) is 0 Å². The molecule has 0 heterocycles. The highest BCUT2D eigenvalue weighted by Crippen LogP contribution is 2.01. The molecule has 0 rings (SSSR count). The molecule has 0 bridgehead atoms. The van der Waals surface area contributed by atoms with E-state index in [9.17, 15) is 4.79 Å². The highest BCUT2D eigenvalue weighted by atomic mass is 32.1. The smallest absolute Gasteiger partial charge is 0.210 e. The normalized spacial score (nSPS) is 11.6. The lowest BCUT2D eigenvalue weighted by atomic mass is 10.8. The molecule has 0 amide bonds. The van der Waals surface area contributed by atoms with Crippen LogP contribution < -0.4 is 0 Å². The predicted molar refractivity (Wildman–Crippen MR) is 43.3 cm³/mol. The van der Waals surface area contributed by atoms with Gasteiger partial charge in [-0.25, -0.2) is 0 Å². The maximum atomic E-state index is 10.3. The monoisotopic (exact) mass is 164 g/mol. The predicted octanol–water partition coefficient (Wildman–Crippen LogP) is 1.29. The Labute approximate surface area is 62.1 Å². The Morgan fingerprint density at radius 2 is 2.00 bits per heavy atom. The molecule has 0 aromatic rings. The van der Waals surface area contributed by atoms with Gasteiger partial charge in [0.1, 0.15) is 6.61 Å². The van der Waals surface area contributed by atoms with Crippen molar-refractivity contribution in [2.24, 2.45) is 0 Å². The van der Waals surface area contributed by atoms with E-state index in [2.05, 4.69) is 12.6 Å². The third kappa shape index (κ3) is 8.20. The first-order valence-corrected chi connectivity index (χ1v) is 6.63. The topological polar surface area (TPSA) is 26.3 Å². The van der Waals surface area contributed by atoms with Crippen LogP contribution in [0.3, 0.4) is 0 Å². The van der Waals surface area contributed by atoms with Gasteiger partial charge in [-0.3, -0.25) is 4.79 Å². The van der Waals surface area contributed by atoms with Crippen LogP contribution in [0.5, 0.6) is 0 Å². The van der Waals surface area contributed by atoms with Crippen LogP contribution in [-0.2, 0) is 9.22 Å². The van der Waals surface area contributed by atoms with Crippen LogP contribution in [0.2, 0.25) is 19.6 Å². The Kier molecular flexibility index (Phi) is 3.46. The van der Waals surface area contributed by atoms with E-state index >= 15 is 0 Å². The van der Waals surface area contributed by atoms with Crippen LogP contribution in [0.4, 0.5) is 0 Å². The van der Waals surface area contributed by atoms with Crippen molar-refractivity contribution < 1.29 is 9.22 Å². The van der Waals surface area contributed by atoms with E-state index in [-0.39, 0.29) is 11.7 Å². The van der Waals surface area contributed by atoms with Crippen molar-refractivity contribution in [1.29, 1.82) is 0 Å². The summed E-state index contributed by atoms with van der Waals surface area (Å²) in [4.78, 5) is 10.3. The maximum absolute atomic E-state index is 10.3. The standard InChI is InChI=1S/C5H12O2SSi/c1-9(2,3)7-4-5(6)8/h4H2,1-3H3,(H,6,8). The summed E-state index contributed by atoms with van der Waals surface area (Å²) >= 11 is 3.57. The van der Waals surface area contributed by atoms with Gasteiger partial charge in [0.05, 0.1) is 0 Å². The van der Waals surface area contributed by atoms with Crippen molar-refractivity contribution in [3.05, 3.63) is 0 Å². The van der Waals surface area contributed by atoms with Crippen LogP contribution in [0.25, 0.3) is 0 Å². The zero-order chi connectivity index (χ0) is 7.49. The number of carbonyl (C=O) groups is 1. The first-order chi connectivity index (χ1) is 3.92. The molecule has 0 aromatic carbocycles. The van der Waals surface area contributed by atoms with Crippen molar-refractivity contribution in [3.8, 4) is 0 Å². The van der Waals surface area contributed by atoms with Gasteiger partial charge >= 0.3 is 0 Å². The maximum Gasteiger partial charge on any atom is 0.210 e. The first kappa shape index (κ1) is 9.20. The second-order valence-corrected chi connectivity index (χ2v) is 7.81. The molecule has 2 nitrogen and oxygen atoms in total. The molecule has 4 heteroatoms. The molecule has 0 aliphatic rings. The Balaban J connectivity index is 3.39. The molecule has 0 N–H and O–H groups in total. The molecule has 0 aliphatic heterocycles. The zero-order valence-corrected chi connectivity index (χ0v) is 7.87. The van der Waals surface area contributed by atoms with E-state index in [1.54, 1.807) is 0 Å². The summed E-state index contributed by atoms with van der Waals surface area (Å²) < 4.78 is 5.20. The number of carbonyl (C=O) groups excluding carboxylic acids is 1. The fourth-order valence-electron chi connectivity index (χ4n) is 0.278.